The zero-order valence-corrected chi connectivity index (χ0v) is 11.7. The minimum absolute atomic E-state index is 0.177. The summed E-state index contributed by atoms with van der Waals surface area (Å²) in [6, 6.07) is 7.08. The Bertz CT molecular complexity index is 484. The molecule has 1 heterocycles. The van der Waals surface area contributed by atoms with Gasteiger partial charge >= 0.3 is 5.97 Å². The third kappa shape index (κ3) is 3.36. The minimum atomic E-state index is -0.343. The standard InChI is InChI=1S/C15H20N2O3/c1-20-15(19)12-7-5-11(6-8-12)10-17-9-3-2-4-13(17)14(16)18/h5-8,13H,2-4,9-10H2,1H3,(H2,16,18)/t13-/m1/s1. The van der Waals surface area contributed by atoms with E-state index in [1.54, 1.807) is 12.1 Å². The maximum absolute atomic E-state index is 11.5. The number of nitrogens with two attached hydrogens (primary N) is 1. The highest BCUT2D eigenvalue weighted by atomic mass is 16.5. The monoisotopic (exact) mass is 276 g/mol. The van der Waals surface area contributed by atoms with Gasteiger partial charge in [0.25, 0.3) is 0 Å². The lowest BCUT2D eigenvalue weighted by Gasteiger charge is -2.33. The summed E-state index contributed by atoms with van der Waals surface area (Å²) in [5, 5.41) is 0. The predicted octanol–water partition coefficient (Wildman–Crippen LogP) is 1.31. The van der Waals surface area contributed by atoms with Crippen molar-refractivity contribution in [2.75, 3.05) is 13.7 Å². The van der Waals surface area contributed by atoms with Gasteiger partial charge in [-0.05, 0) is 37.1 Å². The number of primary amides is 1. The molecule has 1 fully saturated rings. The van der Waals surface area contributed by atoms with Gasteiger partial charge in [-0.15, -0.1) is 0 Å². The van der Waals surface area contributed by atoms with Crippen LogP contribution in [-0.2, 0) is 16.1 Å². The Balaban J connectivity index is 2.05. The highest BCUT2D eigenvalue weighted by Gasteiger charge is 2.26. The van der Waals surface area contributed by atoms with Gasteiger partial charge in [0, 0.05) is 6.54 Å². The van der Waals surface area contributed by atoms with E-state index in [2.05, 4.69) is 9.64 Å². The number of hydrogen-bond acceptors (Lipinski definition) is 4. The molecule has 5 nitrogen and oxygen atoms in total. The zero-order valence-electron chi connectivity index (χ0n) is 11.7. The van der Waals surface area contributed by atoms with Crippen LogP contribution in [0.25, 0.3) is 0 Å². The molecule has 2 rings (SSSR count). The van der Waals surface area contributed by atoms with Crippen LogP contribution in [0.3, 0.4) is 0 Å². The third-order valence-electron chi connectivity index (χ3n) is 3.70. The molecule has 1 aromatic rings. The fourth-order valence-corrected chi connectivity index (χ4v) is 2.60. The summed E-state index contributed by atoms with van der Waals surface area (Å²) >= 11 is 0. The summed E-state index contributed by atoms with van der Waals surface area (Å²) in [7, 11) is 1.36. The molecule has 108 valence electrons. The van der Waals surface area contributed by atoms with E-state index in [4.69, 9.17) is 5.73 Å². The van der Waals surface area contributed by atoms with Crippen LogP contribution in [0.4, 0.5) is 0 Å². The minimum Gasteiger partial charge on any atom is -0.465 e. The van der Waals surface area contributed by atoms with Crippen LogP contribution < -0.4 is 5.73 Å². The first-order valence-electron chi connectivity index (χ1n) is 6.82. The molecule has 1 aromatic carbocycles. The number of ether oxygens (including phenoxy) is 1. The zero-order chi connectivity index (χ0) is 14.5. The van der Waals surface area contributed by atoms with Crippen molar-refractivity contribution in [2.24, 2.45) is 5.73 Å². The summed E-state index contributed by atoms with van der Waals surface area (Å²) < 4.78 is 4.66. The number of rotatable bonds is 4. The second-order valence-corrected chi connectivity index (χ2v) is 5.07. The molecule has 5 heteroatoms. The van der Waals surface area contributed by atoms with E-state index in [0.717, 1.165) is 31.4 Å². The van der Waals surface area contributed by atoms with Crippen LogP contribution in [0.15, 0.2) is 24.3 Å². The molecule has 0 aromatic heterocycles. The van der Waals surface area contributed by atoms with Crippen molar-refractivity contribution in [3.8, 4) is 0 Å². The Morgan fingerprint density at radius 1 is 1.30 bits per heavy atom. The number of methoxy groups -OCH3 is 1. The van der Waals surface area contributed by atoms with Crippen LogP contribution in [0, 0.1) is 0 Å². The Kier molecular flexibility index (Phi) is 4.74. The van der Waals surface area contributed by atoms with E-state index in [0.29, 0.717) is 12.1 Å². The van der Waals surface area contributed by atoms with Gasteiger partial charge in [-0.1, -0.05) is 18.6 Å². The van der Waals surface area contributed by atoms with E-state index in [1.165, 1.54) is 7.11 Å². The number of carbonyl (C=O) groups excluding carboxylic acids is 2. The number of nitrogens with zero attached hydrogens (tertiary/aromatic N) is 1. The van der Waals surface area contributed by atoms with Crippen molar-refractivity contribution in [1.29, 1.82) is 0 Å². The number of carbonyl (C=O) groups is 2. The second-order valence-electron chi connectivity index (χ2n) is 5.07. The molecule has 1 aliphatic heterocycles. The topological polar surface area (TPSA) is 72.6 Å². The molecule has 1 saturated heterocycles. The number of hydrogen-bond donors (Lipinski definition) is 1. The highest BCUT2D eigenvalue weighted by Crippen LogP contribution is 2.19. The molecular weight excluding hydrogens is 256 g/mol. The first-order valence-corrected chi connectivity index (χ1v) is 6.82. The predicted molar refractivity (Wildman–Crippen MR) is 75.0 cm³/mol. The number of benzene rings is 1. The first kappa shape index (κ1) is 14.5. The lowest BCUT2D eigenvalue weighted by atomic mass is 10.0. The van der Waals surface area contributed by atoms with Gasteiger partial charge in [-0.25, -0.2) is 4.79 Å². The van der Waals surface area contributed by atoms with Crippen molar-refractivity contribution >= 4 is 11.9 Å². The quantitative estimate of drug-likeness (QED) is 0.842. The second kappa shape index (κ2) is 6.52. The van der Waals surface area contributed by atoms with Crippen LogP contribution in [0.5, 0.6) is 0 Å². The van der Waals surface area contributed by atoms with Crippen LogP contribution in [-0.4, -0.2) is 36.5 Å². The average Bonchev–Trinajstić information content (AvgIpc) is 2.47. The number of likely N-dealkylation sites (tertiary alicyclic amines) is 1. The molecular formula is C15H20N2O3. The third-order valence-corrected chi connectivity index (χ3v) is 3.70. The molecule has 0 saturated carbocycles. The van der Waals surface area contributed by atoms with Crippen LogP contribution in [0.2, 0.25) is 0 Å². The molecule has 2 N–H and O–H groups in total. The smallest absolute Gasteiger partial charge is 0.337 e. The highest BCUT2D eigenvalue weighted by molar-refractivity contribution is 5.89. The Hall–Kier alpha value is -1.88. The van der Waals surface area contributed by atoms with Gasteiger partial charge in [0.2, 0.25) is 5.91 Å². The lowest BCUT2D eigenvalue weighted by Crippen LogP contribution is -2.47. The number of esters is 1. The Morgan fingerprint density at radius 2 is 2.00 bits per heavy atom. The van der Waals surface area contributed by atoms with Crippen LogP contribution >= 0.6 is 0 Å². The van der Waals surface area contributed by atoms with E-state index in [-0.39, 0.29) is 17.9 Å². The molecule has 0 bridgehead atoms. The summed E-state index contributed by atoms with van der Waals surface area (Å²) in [6.45, 7) is 1.56. The van der Waals surface area contributed by atoms with Gasteiger partial charge in [0.15, 0.2) is 0 Å². The average molecular weight is 276 g/mol. The van der Waals surface area contributed by atoms with Crippen molar-refractivity contribution < 1.29 is 14.3 Å². The van der Waals surface area contributed by atoms with Crippen molar-refractivity contribution in [2.45, 2.75) is 31.8 Å². The summed E-state index contributed by atoms with van der Waals surface area (Å²) in [4.78, 5) is 24.9. The van der Waals surface area contributed by atoms with Gasteiger partial charge in [0.1, 0.15) is 0 Å². The van der Waals surface area contributed by atoms with Crippen LogP contribution in [0.1, 0.15) is 35.2 Å². The van der Waals surface area contributed by atoms with Crippen molar-refractivity contribution in [3.63, 3.8) is 0 Å². The summed E-state index contributed by atoms with van der Waals surface area (Å²) in [6.07, 6.45) is 2.96. The summed E-state index contributed by atoms with van der Waals surface area (Å²) in [5.74, 6) is -0.597. The molecule has 0 unspecified atom stereocenters. The molecule has 0 aliphatic carbocycles. The normalized spacial score (nSPS) is 19.6. The first-order chi connectivity index (χ1) is 9.61. The van der Waals surface area contributed by atoms with E-state index >= 15 is 0 Å². The van der Waals surface area contributed by atoms with Crippen molar-refractivity contribution in [1.82, 2.24) is 4.90 Å². The Labute approximate surface area is 118 Å². The molecule has 1 amide bonds. The van der Waals surface area contributed by atoms with E-state index in [1.807, 2.05) is 12.1 Å². The Morgan fingerprint density at radius 3 is 2.60 bits per heavy atom. The van der Waals surface area contributed by atoms with Gasteiger partial charge in [-0.2, -0.15) is 0 Å². The fourth-order valence-electron chi connectivity index (χ4n) is 2.60. The van der Waals surface area contributed by atoms with E-state index < -0.39 is 0 Å². The van der Waals surface area contributed by atoms with Gasteiger partial charge in [-0.3, -0.25) is 9.69 Å². The largest absolute Gasteiger partial charge is 0.465 e. The van der Waals surface area contributed by atoms with Gasteiger partial charge in [0.05, 0.1) is 18.7 Å². The number of piperidine rings is 1. The fraction of sp³-hybridized carbons (Fsp3) is 0.467. The molecule has 1 aliphatic rings. The maximum atomic E-state index is 11.5. The van der Waals surface area contributed by atoms with Crippen molar-refractivity contribution in [3.05, 3.63) is 35.4 Å². The van der Waals surface area contributed by atoms with E-state index in [9.17, 15) is 9.59 Å². The molecule has 0 spiro atoms. The lowest BCUT2D eigenvalue weighted by molar-refractivity contribution is -0.124. The number of amides is 1. The molecule has 20 heavy (non-hydrogen) atoms. The van der Waals surface area contributed by atoms with Gasteiger partial charge < -0.3 is 10.5 Å². The SMILES string of the molecule is COC(=O)c1ccc(CN2CCCC[C@@H]2C(N)=O)cc1. The molecule has 0 radical (unpaired) electrons. The molecule has 1 atom stereocenters. The summed E-state index contributed by atoms with van der Waals surface area (Å²) in [5.41, 5.74) is 7.04. The maximum Gasteiger partial charge on any atom is 0.337 e.